The first-order valence-corrected chi connectivity index (χ1v) is 4.50. The maximum absolute atomic E-state index is 10.9. The number of hydrogen-bond acceptors (Lipinski definition) is 3. The summed E-state index contributed by atoms with van der Waals surface area (Å²) in [6.45, 7) is 0. The molecule has 0 unspecified atom stereocenters. The van der Waals surface area contributed by atoms with Crippen LogP contribution in [-0.2, 0) is 0 Å². The van der Waals surface area contributed by atoms with Gasteiger partial charge >= 0.3 is 5.97 Å². The number of imidazole rings is 1. The summed E-state index contributed by atoms with van der Waals surface area (Å²) in [4.78, 5) is 14.6. The van der Waals surface area contributed by atoms with Gasteiger partial charge in [0.25, 0.3) is 0 Å². The number of hydrogen-bond donors (Lipinski definition) is 1. The molecule has 1 heterocycles. The van der Waals surface area contributed by atoms with Gasteiger partial charge in [-0.1, -0.05) is 12.1 Å². The second-order valence-electron chi connectivity index (χ2n) is 3.05. The molecular weight excluding hydrogens is 206 g/mol. The molecule has 0 amide bonds. The number of carboxylic acids is 1. The van der Waals surface area contributed by atoms with Gasteiger partial charge in [0.1, 0.15) is 6.07 Å². The van der Waals surface area contributed by atoms with Crippen LogP contribution in [0, 0.1) is 11.3 Å². The normalized spacial score (nSPS) is 9.69. The lowest BCUT2D eigenvalue weighted by atomic mass is 10.2. The van der Waals surface area contributed by atoms with Crippen LogP contribution in [0.3, 0.4) is 0 Å². The predicted octanol–water partition coefficient (Wildman–Crippen LogP) is 1.44. The van der Waals surface area contributed by atoms with E-state index in [1.54, 1.807) is 24.3 Å². The number of aromatic carboxylic acids is 1. The zero-order chi connectivity index (χ0) is 11.5. The topological polar surface area (TPSA) is 78.9 Å². The van der Waals surface area contributed by atoms with E-state index in [9.17, 15) is 4.79 Å². The minimum absolute atomic E-state index is 0.109. The van der Waals surface area contributed by atoms with Crippen LogP contribution < -0.4 is 0 Å². The van der Waals surface area contributed by atoms with Crippen LogP contribution in [-0.4, -0.2) is 20.6 Å². The number of benzene rings is 1. The predicted molar refractivity (Wildman–Crippen MR) is 55.2 cm³/mol. The van der Waals surface area contributed by atoms with Crippen molar-refractivity contribution in [3.05, 3.63) is 48.0 Å². The Morgan fingerprint density at radius 1 is 1.44 bits per heavy atom. The quantitative estimate of drug-likeness (QED) is 0.818. The second kappa shape index (κ2) is 3.87. The lowest BCUT2D eigenvalue weighted by molar-refractivity contribution is 0.0681. The summed E-state index contributed by atoms with van der Waals surface area (Å²) < 4.78 is 1.38. The van der Waals surface area contributed by atoms with E-state index >= 15 is 0 Å². The number of aromatic nitrogens is 2. The van der Waals surface area contributed by atoms with Crippen molar-refractivity contribution < 1.29 is 9.90 Å². The number of para-hydroxylation sites is 1. The van der Waals surface area contributed by atoms with E-state index in [1.165, 1.54) is 17.0 Å². The molecule has 78 valence electrons. The molecule has 5 heteroatoms. The third-order valence-electron chi connectivity index (χ3n) is 2.12. The SMILES string of the molecule is N#Cc1ccccc1-n1ccnc1C(=O)O. The van der Waals surface area contributed by atoms with Crippen molar-refractivity contribution in [1.82, 2.24) is 9.55 Å². The van der Waals surface area contributed by atoms with Crippen molar-refractivity contribution >= 4 is 5.97 Å². The molecule has 0 aliphatic heterocycles. The number of carbonyl (C=O) groups is 1. The van der Waals surface area contributed by atoms with E-state index in [0.29, 0.717) is 11.3 Å². The Morgan fingerprint density at radius 3 is 2.88 bits per heavy atom. The molecule has 0 bridgehead atoms. The number of nitrogens with zero attached hydrogens (tertiary/aromatic N) is 3. The third-order valence-corrected chi connectivity index (χ3v) is 2.12. The molecule has 0 aliphatic rings. The molecule has 16 heavy (non-hydrogen) atoms. The lowest BCUT2D eigenvalue weighted by Crippen LogP contribution is -2.08. The first-order valence-electron chi connectivity index (χ1n) is 4.50. The Labute approximate surface area is 91.2 Å². The van der Waals surface area contributed by atoms with Gasteiger partial charge in [0.2, 0.25) is 5.82 Å². The Balaban J connectivity index is 2.64. The Bertz CT molecular complexity index is 581. The van der Waals surface area contributed by atoms with E-state index in [4.69, 9.17) is 10.4 Å². The highest BCUT2D eigenvalue weighted by Gasteiger charge is 2.13. The smallest absolute Gasteiger partial charge is 0.372 e. The summed E-state index contributed by atoms with van der Waals surface area (Å²) in [5.41, 5.74) is 0.919. The number of nitriles is 1. The van der Waals surface area contributed by atoms with Crippen LogP contribution in [0.1, 0.15) is 16.2 Å². The summed E-state index contributed by atoms with van der Waals surface area (Å²) in [7, 11) is 0. The zero-order valence-corrected chi connectivity index (χ0v) is 8.16. The molecule has 5 nitrogen and oxygen atoms in total. The molecule has 0 aliphatic carbocycles. The van der Waals surface area contributed by atoms with Gasteiger partial charge in [-0.15, -0.1) is 0 Å². The van der Waals surface area contributed by atoms with Crippen LogP contribution in [0.5, 0.6) is 0 Å². The minimum atomic E-state index is -1.13. The van der Waals surface area contributed by atoms with Crippen molar-refractivity contribution in [1.29, 1.82) is 5.26 Å². The maximum Gasteiger partial charge on any atom is 0.372 e. The average Bonchev–Trinajstić information content (AvgIpc) is 2.77. The molecule has 0 radical (unpaired) electrons. The summed E-state index contributed by atoms with van der Waals surface area (Å²) in [6.07, 6.45) is 2.90. The van der Waals surface area contributed by atoms with Gasteiger partial charge in [-0.2, -0.15) is 5.26 Å². The van der Waals surface area contributed by atoms with Gasteiger partial charge in [-0.25, -0.2) is 9.78 Å². The van der Waals surface area contributed by atoms with Crippen molar-refractivity contribution in [2.45, 2.75) is 0 Å². The van der Waals surface area contributed by atoms with Crippen molar-refractivity contribution in [2.75, 3.05) is 0 Å². The Morgan fingerprint density at radius 2 is 2.19 bits per heavy atom. The van der Waals surface area contributed by atoms with Gasteiger partial charge in [-0.3, -0.25) is 4.57 Å². The largest absolute Gasteiger partial charge is 0.475 e. The van der Waals surface area contributed by atoms with Crippen LogP contribution in [0.25, 0.3) is 5.69 Å². The lowest BCUT2D eigenvalue weighted by Gasteiger charge is -2.06. The average molecular weight is 213 g/mol. The molecule has 0 fully saturated rings. The molecule has 1 aromatic heterocycles. The fraction of sp³-hybridized carbons (Fsp3) is 0. The van der Waals surface area contributed by atoms with Gasteiger partial charge in [0.15, 0.2) is 0 Å². The monoisotopic (exact) mass is 213 g/mol. The Kier molecular flexibility index (Phi) is 2.40. The van der Waals surface area contributed by atoms with E-state index in [0.717, 1.165) is 0 Å². The van der Waals surface area contributed by atoms with Gasteiger partial charge < -0.3 is 5.11 Å². The van der Waals surface area contributed by atoms with Crippen LogP contribution >= 0.6 is 0 Å². The van der Waals surface area contributed by atoms with E-state index in [2.05, 4.69) is 4.98 Å². The van der Waals surface area contributed by atoms with Crippen LogP contribution in [0.2, 0.25) is 0 Å². The highest BCUT2D eigenvalue weighted by atomic mass is 16.4. The van der Waals surface area contributed by atoms with Crippen molar-refractivity contribution in [3.8, 4) is 11.8 Å². The highest BCUT2D eigenvalue weighted by molar-refractivity contribution is 5.84. The number of rotatable bonds is 2. The second-order valence-corrected chi connectivity index (χ2v) is 3.05. The first kappa shape index (κ1) is 9.93. The molecule has 1 N–H and O–H groups in total. The van der Waals surface area contributed by atoms with Gasteiger partial charge in [0.05, 0.1) is 11.3 Å². The van der Waals surface area contributed by atoms with Gasteiger partial charge in [0, 0.05) is 12.4 Å². The highest BCUT2D eigenvalue weighted by Crippen LogP contribution is 2.15. The molecular formula is C11H7N3O2. The fourth-order valence-corrected chi connectivity index (χ4v) is 1.43. The van der Waals surface area contributed by atoms with Gasteiger partial charge in [-0.05, 0) is 12.1 Å². The molecule has 2 aromatic rings. The van der Waals surface area contributed by atoms with Crippen molar-refractivity contribution in [2.24, 2.45) is 0 Å². The standard InChI is InChI=1S/C11H7N3O2/c12-7-8-3-1-2-4-9(8)14-6-5-13-10(14)11(15)16/h1-6H,(H,15,16). The fourth-order valence-electron chi connectivity index (χ4n) is 1.43. The number of carboxylic acid groups (broad SMARTS) is 1. The first-order chi connectivity index (χ1) is 7.74. The van der Waals surface area contributed by atoms with E-state index < -0.39 is 5.97 Å². The molecule has 2 rings (SSSR count). The van der Waals surface area contributed by atoms with E-state index in [1.807, 2.05) is 6.07 Å². The molecule has 0 atom stereocenters. The Hall–Kier alpha value is -2.61. The third kappa shape index (κ3) is 1.53. The van der Waals surface area contributed by atoms with Crippen molar-refractivity contribution in [3.63, 3.8) is 0 Å². The molecule has 0 saturated carbocycles. The summed E-state index contributed by atoms with van der Waals surface area (Å²) >= 11 is 0. The zero-order valence-electron chi connectivity index (χ0n) is 8.16. The molecule has 0 spiro atoms. The summed E-state index contributed by atoms with van der Waals surface area (Å²) in [6, 6.07) is 8.77. The van der Waals surface area contributed by atoms with E-state index in [-0.39, 0.29) is 5.82 Å². The molecule has 0 saturated heterocycles. The molecule has 1 aromatic carbocycles. The maximum atomic E-state index is 10.9. The summed E-state index contributed by atoms with van der Waals surface area (Å²) in [5.74, 6) is -1.24. The minimum Gasteiger partial charge on any atom is -0.475 e. The van der Waals surface area contributed by atoms with Crippen LogP contribution in [0.15, 0.2) is 36.7 Å². The van der Waals surface area contributed by atoms with Crippen LogP contribution in [0.4, 0.5) is 0 Å². The summed E-state index contributed by atoms with van der Waals surface area (Å²) in [5, 5.41) is 17.8.